The molecule has 1 unspecified atom stereocenters. The van der Waals surface area contributed by atoms with Crippen LogP contribution >= 0.6 is 23.2 Å². The fourth-order valence-electron chi connectivity index (χ4n) is 3.64. The number of para-hydroxylation sites is 1. The van der Waals surface area contributed by atoms with Gasteiger partial charge in [-0.05, 0) is 54.1 Å². The number of nitrogens with zero attached hydrogens (tertiary/aromatic N) is 3. The number of benzene rings is 3. The molecule has 154 valence electrons. The molecule has 0 fully saturated rings. The highest BCUT2D eigenvalue weighted by Crippen LogP contribution is 2.37. The number of nitrogens with one attached hydrogen (secondary N) is 1. The summed E-state index contributed by atoms with van der Waals surface area (Å²) in [5, 5.41) is 9.58. The van der Waals surface area contributed by atoms with E-state index in [9.17, 15) is 0 Å². The van der Waals surface area contributed by atoms with E-state index in [4.69, 9.17) is 38.0 Å². The van der Waals surface area contributed by atoms with Crippen molar-refractivity contribution in [2.24, 2.45) is 0 Å². The summed E-state index contributed by atoms with van der Waals surface area (Å²) in [4.78, 5) is 4.77. The van der Waals surface area contributed by atoms with E-state index in [1.165, 1.54) is 0 Å². The van der Waals surface area contributed by atoms with Crippen LogP contribution in [0, 0.1) is 0 Å². The summed E-state index contributed by atoms with van der Waals surface area (Å²) in [6, 6.07) is 22.9. The van der Waals surface area contributed by atoms with Crippen molar-refractivity contribution in [1.82, 2.24) is 14.8 Å². The van der Waals surface area contributed by atoms with Crippen LogP contribution < -0.4 is 10.1 Å². The molecule has 3 aromatic carbocycles. The molecule has 0 aliphatic carbocycles. The minimum Gasteiger partial charge on any atom is -0.496 e. The fraction of sp³-hybridized carbons (Fsp3) is 0.0833. The Labute approximate surface area is 189 Å². The van der Waals surface area contributed by atoms with E-state index in [-0.39, 0.29) is 6.04 Å². The maximum absolute atomic E-state index is 6.09. The highest BCUT2D eigenvalue weighted by Gasteiger charge is 2.27. The lowest BCUT2D eigenvalue weighted by molar-refractivity contribution is 0.404. The zero-order valence-electron chi connectivity index (χ0n) is 16.6. The normalized spacial score (nSPS) is 15.1. The van der Waals surface area contributed by atoms with Gasteiger partial charge in [0.1, 0.15) is 11.8 Å². The Morgan fingerprint density at radius 2 is 1.52 bits per heavy atom. The summed E-state index contributed by atoms with van der Waals surface area (Å²) in [5.74, 6) is 2.05. The molecule has 5 nitrogen and oxygen atoms in total. The molecule has 31 heavy (non-hydrogen) atoms. The number of halogens is 2. The predicted molar refractivity (Wildman–Crippen MR) is 125 cm³/mol. The predicted octanol–water partition coefficient (Wildman–Crippen LogP) is 6.32. The van der Waals surface area contributed by atoms with Crippen LogP contribution in [0.2, 0.25) is 10.0 Å². The Morgan fingerprint density at radius 1 is 0.871 bits per heavy atom. The van der Waals surface area contributed by atoms with Crippen LogP contribution in [-0.2, 0) is 0 Å². The first-order valence-corrected chi connectivity index (χ1v) is 10.5. The number of methoxy groups -OCH3 is 1. The maximum Gasteiger partial charge on any atom is 0.227 e. The Hall–Kier alpha value is -3.28. The van der Waals surface area contributed by atoms with Gasteiger partial charge in [0, 0.05) is 26.9 Å². The van der Waals surface area contributed by atoms with Gasteiger partial charge in [-0.15, -0.1) is 5.10 Å². The number of rotatable bonds is 4. The van der Waals surface area contributed by atoms with Gasteiger partial charge in [-0.3, -0.25) is 0 Å². The Kier molecular flexibility index (Phi) is 5.14. The number of allylic oxidation sites excluding steroid dienone is 1. The third-order valence-electron chi connectivity index (χ3n) is 5.18. The van der Waals surface area contributed by atoms with E-state index in [0.717, 1.165) is 28.1 Å². The number of aromatic nitrogens is 3. The summed E-state index contributed by atoms with van der Waals surface area (Å²) in [7, 11) is 1.67. The summed E-state index contributed by atoms with van der Waals surface area (Å²) in [5.41, 5.74) is 3.81. The third-order valence-corrected chi connectivity index (χ3v) is 5.68. The monoisotopic (exact) mass is 448 g/mol. The number of fused-ring (bicyclic) bond motifs is 1. The van der Waals surface area contributed by atoms with Crippen molar-refractivity contribution in [3.63, 3.8) is 0 Å². The fourth-order valence-corrected chi connectivity index (χ4v) is 3.90. The van der Waals surface area contributed by atoms with Crippen LogP contribution in [0.1, 0.15) is 17.2 Å². The molecule has 0 spiro atoms. The van der Waals surface area contributed by atoms with Crippen molar-refractivity contribution in [3.05, 3.63) is 100 Å². The Morgan fingerprint density at radius 3 is 2.19 bits per heavy atom. The lowest BCUT2D eigenvalue weighted by atomic mass is 10.0. The molecule has 7 heteroatoms. The lowest BCUT2D eigenvalue weighted by Crippen LogP contribution is -2.20. The molecule has 4 aromatic rings. The van der Waals surface area contributed by atoms with Gasteiger partial charge in [0.15, 0.2) is 5.82 Å². The van der Waals surface area contributed by atoms with Gasteiger partial charge < -0.3 is 10.1 Å². The summed E-state index contributed by atoms with van der Waals surface area (Å²) < 4.78 is 7.51. The van der Waals surface area contributed by atoms with Gasteiger partial charge in [0.05, 0.1) is 7.11 Å². The Bertz CT molecular complexity index is 1260. The molecule has 1 aromatic heterocycles. The largest absolute Gasteiger partial charge is 0.496 e. The number of anilines is 1. The van der Waals surface area contributed by atoms with Crippen LogP contribution in [-0.4, -0.2) is 21.9 Å². The van der Waals surface area contributed by atoms with Crippen molar-refractivity contribution < 1.29 is 4.74 Å². The van der Waals surface area contributed by atoms with E-state index in [1.807, 2.05) is 77.5 Å². The summed E-state index contributed by atoms with van der Waals surface area (Å²) >= 11 is 12.1. The number of hydrogen-bond acceptors (Lipinski definition) is 4. The highest BCUT2D eigenvalue weighted by molar-refractivity contribution is 6.30. The van der Waals surface area contributed by atoms with Gasteiger partial charge in [-0.25, -0.2) is 4.68 Å². The highest BCUT2D eigenvalue weighted by atomic mass is 35.5. The molecule has 1 aliphatic rings. The van der Waals surface area contributed by atoms with Crippen molar-refractivity contribution >= 4 is 34.8 Å². The summed E-state index contributed by atoms with van der Waals surface area (Å²) in [6.45, 7) is 0. The van der Waals surface area contributed by atoms with Crippen LogP contribution in [0.25, 0.3) is 17.1 Å². The molecule has 1 N–H and O–H groups in total. The zero-order valence-corrected chi connectivity index (χ0v) is 18.1. The molecule has 0 saturated heterocycles. The zero-order chi connectivity index (χ0) is 21.4. The SMILES string of the molecule is COc1ccccc1C1C=C(c2ccc(Cl)cc2)Nc2nc(-c3ccc(Cl)cc3)nn21. The molecule has 0 bridgehead atoms. The second kappa shape index (κ2) is 8.10. The molecular weight excluding hydrogens is 431 g/mol. The van der Waals surface area contributed by atoms with Crippen LogP contribution in [0.4, 0.5) is 5.95 Å². The molecule has 2 heterocycles. The van der Waals surface area contributed by atoms with E-state index >= 15 is 0 Å². The van der Waals surface area contributed by atoms with Crippen LogP contribution in [0.5, 0.6) is 5.75 Å². The van der Waals surface area contributed by atoms with Crippen molar-refractivity contribution in [1.29, 1.82) is 0 Å². The standard InChI is InChI=1S/C24H18Cl2N4O/c1-31-22-5-3-2-4-19(22)21-14-20(15-6-10-17(25)11-7-15)27-24-28-23(29-30(21)24)16-8-12-18(26)13-9-16/h2-14,21H,1H3,(H,27,28,29). The minimum atomic E-state index is -0.202. The third kappa shape index (κ3) is 3.78. The van der Waals surface area contributed by atoms with Gasteiger partial charge in [-0.1, -0.05) is 53.5 Å². The molecule has 0 saturated carbocycles. The van der Waals surface area contributed by atoms with Gasteiger partial charge in [0.25, 0.3) is 0 Å². The van der Waals surface area contributed by atoms with Crippen molar-refractivity contribution in [2.75, 3.05) is 12.4 Å². The second-order valence-electron chi connectivity index (χ2n) is 7.11. The van der Waals surface area contributed by atoms with Gasteiger partial charge in [0.2, 0.25) is 5.95 Å². The number of hydrogen-bond donors (Lipinski definition) is 1. The molecule has 0 radical (unpaired) electrons. The van der Waals surface area contributed by atoms with Crippen molar-refractivity contribution in [2.45, 2.75) is 6.04 Å². The second-order valence-corrected chi connectivity index (χ2v) is 7.98. The first kappa shape index (κ1) is 19.7. The molecule has 0 amide bonds. The van der Waals surface area contributed by atoms with Gasteiger partial charge in [-0.2, -0.15) is 4.98 Å². The lowest BCUT2D eigenvalue weighted by Gasteiger charge is -2.25. The topological polar surface area (TPSA) is 52.0 Å². The first-order valence-electron chi connectivity index (χ1n) is 9.72. The molecule has 1 aliphatic heterocycles. The van der Waals surface area contributed by atoms with E-state index in [0.29, 0.717) is 21.8 Å². The van der Waals surface area contributed by atoms with E-state index in [1.54, 1.807) is 7.11 Å². The van der Waals surface area contributed by atoms with Crippen LogP contribution in [0.15, 0.2) is 78.9 Å². The average Bonchev–Trinajstić information content (AvgIpc) is 3.23. The Balaban J connectivity index is 1.64. The molecule has 5 rings (SSSR count). The maximum atomic E-state index is 6.09. The van der Waals surface area contributed by atoms with Crippen molar-refractivity contribution in [3.8, 4) is 17.1 Å². The van der Waals surface area contributed by atoms with Crippen LogP contribution in [0.3, 0.4) is 0 Å². The minimum absolute atomic E-state index is 0.202. The van der Waals surface area contributed by atoms with Gasteiger partial charge >= 0.3 is 0 Å². The smallest absolute Gasteiger partial charge is 0.227 e. The molecular formula is C24H18Cl2N4O. The number of ether oxygens (including phenoxy) is 1. The quantitative estimate of drug-likeness (QED) is 0.396. The first-order chi connectivity index (χ1) is 15.1. The van der Waals surface area contributed by atoms with E-state index in [2.05, 4.69) is 11.4 Å². The van der Waals surface area contributed by atoms with E-state index < -0.39 is 0 Å². The average molecular weight is 449 g/mol. The molecule has 1 atom stereocenters. The summed E-state index contributed by atoms with van der Waals surface area (Å²) in [6.07, 6.45) is 2.12.